The monoisotopic (exact) mass is 298 g/mol. The molecule has 1 atom stereocenters. The number of amides is 1. The number of hydrogen-bond donors (Lipinski definition) is 1. The second-order valence-corrected chi connectivity index (χ2v) is 6.52. The van der Waals surface area contributed by atoms with Gasteiger partial charge in [0.25, 0.3) is 0 Å². The molecule has 124 valence electrons. The van der Waals surface area contributed by atoms with E-state index in [0.717, 1.165) is 32.4 Å². The maximum Gasteiger partial charge on any atom is 0.239 e. The number of likely N-dealkylation sites (N-methyl/N-ethyl adjacent to an activating group) is 2. The minimum Gasteiger partial charge on any atom is -0.343 e. The van der Waals surface area contributed by atoms with Gasteiger partial charge in [-0.2, -0.15) is 0 Å². The number of likely N-dealkylation sites (tertiary alicyclic amines) is 1. The van der Waals surface area contributed by atoms with E-state index in [9.17, 15) is 4.79 Å². The maximum absolute atomic E-state index is 12.2. The summed E-state index contributed by atoms with van der Waals surface area (Å²) in [4.78, 5) is 18.7. The number of nitrogens with two attached hydrogens (primary N) is 1. The highest BCUT2D eigenvalue weighted by molar-refractivity contribution is 5.81. The topological polar surface area (TPSA) is 52.8 Å². The Morgan fingerprint density at radius 3 is 2.48 bits per heavy atom. The van der Waals surface area contributed by atoms with Crippen LogP contribution in [0.4, 0.5) is 0 Å². The van der Waals surface area contributed by atoms with Gasteiger partial charge in [0.2, 0.25) is 5.91 Å². The Morgan fingerprint density at radius 1 is 1.29 bits per heavy atom. The number of piperidine rings is 1. The predicted molar refractivity (Wildman–Crippen MR) is 88.3 cm³/mol. The van der Waals surface area contributed by atoms with Crippen LogP contribution in [0.1, 0.15) is 39.0 Å². The van der Waals surface area contributed by atoms with Gasteiger partial charge < -0.3 is 20.4 Å². The number of unbranched alkanes of at least 4 members (excludes halogenated alkanes) is 1. The van der Waals surface area contributed by atoms with E-state index >= 15 is 0 Å². The van der Waals surface area contributed by atoms with Crippen molar-refractivity contribution in [1.82, 2.24) is 14.7 Å². The van der Waals surface area contributed by atoms with Crippen LogP contribution in [0.2, 0.25) is 0 Å². The quantitative estimate of drug-likeness (QED) is 0.726. The molecule has 1 saturated heterocycles. The molecule has 21 heavy (non-hydrogen) atoms. The normalized spacial score (nSPS) is 19.0. The molecule has 1 aliphatic heterocycles. The van der Waals surface area contributed by atoms with Gasteiger partial charge in [-0.25, -0.2) is 0 Å². The third kappa shape index (κ3) is 6.32. The third-order valence-electron chi connectivity index (χ3n) is 4.66. The summed E-state index contributed by atoms with van der Waals surface area (Å²) in [7, 11) is 6.22. The molecule has 1 fully saturated rings. The molecule has 5 nitrogen and oxygen atoms in total. The lowest BCUT2D eigenvalue weighted by Gasteiger charge is -2.36. The minimum atomic E-state index is -0.330. The molecule has 0 spiro atoms. The molecule has 1 aliphatic rings. The molecule has 5 heteroatoms. The van der Waals surface area contributed by atoms with E-state index in [0.29, 0.717) is 6.04 Å². The van der Waals surface area contributed by atoms with Crippen molar-refractivity contribution in [2.45, 2.75) is 51.1 Å². The molecule has 1 rings (SSSR count). The molecule has 2 N–H and O–H groups in total. The van der Waals surface area contributed by atoms with Gasteiger partial charge in [0, 0.05) is 26.2 Å². The fraction of sp³-hybridized carbons (Fsp3) is 0.938. The van der Waals surface area contributed by atoms with Gasteiger partial charge in [0.05, 0.1) is 6.04 Å². The van der Waals surface area contributed by atoms with E-state index < -0.39 is 0 Å². The van der Waals surface area contributed by atoms with Gasteiger partial charge >= 0.3 is 0 Å². The Balaban J connectivity index is 2.28. The SMILES string of the molecule is CCCC[C@H](N)C(=O)N(C)CCN(C)C1CCN(C)CC1. The van der Waals surface area contributed by atoms with Gasteiger partial charge in [0.15, 0.2) is 0 Å². The molecule has 0 saturated carbocycles. The molecule has 0 aromatic heterocycles. The summed E-state index contributed by atoms with van der Waals surface area (Å²) in [6.45, 7) is 6.16. The molecular formula is C16H34N4O. The molecule has 1 amide bonds. The van der Waals surface area contributed by atoms with Crippen LogP contribution in [0.25, 0.3) is 0 Å². The average molecular weight is 298 g/mol. The lowest BCUT2D eigenvalue weighted by molar-refractivity contribution is -0.131. The standard InChI is InChI=1S/C16H34N4O/c1-5-6-7-15(17)16(21)20(4)13-12-19(3)14-8-10-18(2)11-9-14/h14-15H,5-13,17H2,1-4H3/t15-/m0/s1. The van der Waals surface area contributed by atoms with Gasteiger partial charge in [0.1, 0.15) is 0 Å². The molecule has 0 bridgehead atoms. The second-order valence-electron chi connectivity index (χ2n) is 6.52. The van der Waals surface area contributed by atoms with Gasteiger partial charge in [-0.3, -0.25) is 4.79 Å². The zero-order valence-corrected chi connectivity index (χ0v) is 14.3. The molecule has 0 radical (unpaired) electrons. The summed E-state index contributed by atoms with van der Waals surface area (Å²) in [6, 6.07) is 0.321. The van der Waals surface area contributed by atoms with Crippen molar-refractivity contribution >= 4 is 5.91 Å². The number of rotatable bonds is 8. The van der Waals surface area contributed by atoms with Crippen LogP contribution in [0.15, 0.2) is 0 Å². The smallest absolute Gasteiger partial charge is 0.239 e. The summed E-state index contributed by atoms with van der Waals surface area (Å²) in [5, 5.41) is 0. The summed E-state index contributed by atoms with van der Waals surface area (Å²) in [5.74, 6) is 0.0835. The highest BCUT2D eigenvalue weighted by Crippen LogP contribution is 2.13. The molecule has 0 unspecified atom stereocenters. The van der Waals surface area contributed by atoms with Gasteiger partial charge in [-0.15, -0.1) is 0 Å². The summed E-state index contributed by atoms with van der Waals surface area (Å²) < 4.78 is 0. The zero-order chi connectivity index (χ0) is 15.8. The molecule has 1 heterocycles. The number of carbonyl (C=O) groups excluding carboxylic acids is 1. The molecule has 0 aromatic rings. The Labute approximate surface area is 130 Å². The lowest BCUT2D eigenvalue weighted by Crippen LogP contribution is -2.47. The van der Waals surface area contributed by atoms with E-state index in [-0.39, 0.29) is 11.9 Å². The second kappa shape index (κ2) is 9.38. The van der Waals surface area contributed by atoms with Crippen molar-refractivity contribution in [2.75, 3.05) is 47.3 Å². The largest absolute Gasteiger partial charge is 0.343 e. The summed E-state index contributed by atoms with van der Waals surface area (Å²) in [5.41, 5.74) is 5.96. The van der Waals surface area contributed by atoms with Gasteiger partial charge in [-0.05, 0) is 46.4 Å². The predicted octanol–water partition coefficient (Wildman–Crippen LogP) is 0.988. The van der Waals surface area contributed by atoms with Crippen molar-refractivity contribution in [1.29, 1.82) is 0 Å². The third-order valence-corrected chi connectivity index (χ3v) is 4.66. The van der Waals surface area contributed by atoms with Crippen LogP contribution in [-0.4, -0.2) is 80.0 Å². The van der Waals surface area contributed by atoms with Crippen LogP contribution in [0.5, 0.6) is 0 Å². The van der Waals surface area contributed by atoms with Crippen molar-refractivity contribution in [3.63, 3.8) is 0 Å². The van der Waals surface area contributed by atoms with E-state index in [4.69, 9.17) is 5.73 Å². The molecule has 0 aromatic carbocycles. The van der Waals surface area contributed by atoms with Crippen LogP contribution >= 0.6 is 0 Å². The fourth-order valence-electron chi connectivity index (χ4n) is 2.87. The lowest BCUT2D eigenvalue weighted by atomic mass is 10.0. The van der Waals surface area contributed by atoms with Crippen LogP contribution < -0.4 is 5.73 Å². The maximum atomic E-state index is 12.2. The average Bonchev–Trinajstić information content (AvgIpc) is 2.49. The first-order valence-corrected chi connectivity index (χ1v) is 8.35. The van der Waals surface area contributed by atoms with Crippen molar-refractivity contribution in [3.8, 4) is 0 Å². The van der Waals surface area contributed by atoms with Gasteiger partial charge in [-0.1, -0.05) is 19.8 Å². The zero-order valence-electron chi connectivity index (χ0n) is 14.3. The highest BCUT2D eigenvalue weighted by Gasteiger charge is 2.22. The first-order chi connectivity index (χ1) is 9.95. The number of carbonyl (C=O) groups is 1. The Bertz CT molecular complexity index is 303. The van der Waals surface area contributed by atoms with E-state index in [1.807, 2.05) is 7.05 Å². The Morgan fingerprint density at radius 2 is 1.90 bits per heavy atom. The van der Waals surface area contributed by atoms with Crippen LogP contribution in [0, 0.1) is 0 Å². The van der Waals surface area contributed by atoms with Crippen molar-refractivity contribution in [3.05, 3.63) is 0 Å². The van der Waals surface area contributed by atoms with Crippen molar-refractivity contribution < 1.29 is 4.79 Å². The van der Waals surface area contributed by atoms with Crippen LogP contribution in [0.3, 0.4) is 0 Å². The molecular weight excluding hydrogens is 264 g/mol. The summed E-state index contributed by atoms with van der Waals surface area (Å²) in [6.07, 6.45) is 5.35. The number of nitrogens with zero attached hydrogens (tertiary/aromatic N) is 3. The fourth-order valence-corrected chi connectivity index (χ4v) is 2.87. The van der Waals surface area contributed by atoms with E-state index in [2.05, 4.69) is 30.8 Å². The Kier molecular flexibility index (Phi) is 8.22. The summed E-state index contributed by atoms with van der Waals surface area (Å²) >= 11 is 0. The first-order valence-electron chi connectivity index (χ1n) is 8.35. The van der Waals surface area contributed by atoms with Crippen LogP contribution in [-0.2, 0) is 4.79 Å². The van der Waals surface area contributed by atoms with E-state index in [1.165, 1.54) is 25.9 Å². The van der Waals surface area contributed by atoms with Crippen molar-refractivity contribution in [2.24, 2.45) is 5.73 Å². The number of hydrogen-bond acceptors (Lipinski definition) is 4. The highest BCUT2D eigenvalue weighted by atomic mass is 16.2. The van der Waals surface area contributed by atoms with E-state index in [1.54, 1.807) is 4.90 Å². The minimum absolute atomic E-state index is 0.0835. The molecule has 0 aliphatic carbocycles. The Hall–Kier alpha value is -0.650. The first kappa shape index (κ1) is 18.4.